The minimum Gasteiger partial charge on any atom is -0.620 e. The third-order valence-electron chi connectivity index (χ3n) is 1.05. The van der Waals surface area contributed by atoms with Gasteiger partial charge in [0.2, 0.25) is 0 Å². The predicted octanol–water partition coefficient (Wildman–Crippen LogP) is -0.384. The summed E-state index contributed by atoms with van der Waals surface area (Å²) in [6.07, 6.45) is 1.01. The van der Waals surface area contributed by atoms with Crippen LogP contribution in [-0.2, 0) is 0 Å². The SMILES string of the molecule is C[N+]1([O-])C=C(O)N=C1N. The Hall–Kier alpha value is -1.07. The van der Waals surface area contributed by atoms with E-state index in [2.05, 4.69) is 4.99 Å². The molecule has 1 atom stereocenters. The van der Waals surface area contributed by atoms with Gasteiger partial charge in [-0.25, -0.2) is 0 Å². The lowest BCUT2D eigenvalue weighted by Crippen LogP contribution is -2.41. The van der Waals surface area contributed by atoms with Gasteiger partial charge in [0.15, 0.2) is 6.20 Å². The standard InChI is InChI=1S/C4H7N3O2/c1-7(9)2-3(8)6-4(7)5/h2,8H,1H3,(H2,5,6). The lowest BCUT2D eigenvalue weighted by atomic mass is 10.7. The van der Waals surface area contributed by atoms with Crippen molar-refractivity contribution in [2.24, 2.45) is 10.7 Å². The van der Waals surface area contributed by atoms with Gasteiger partial charge in [-0.1, -0.05) is 0 Å². The molecule has 5 heteroatoms. The third-order valence-corrected chi connectivity index (χ3v) is 1.05. The number of aliphatic hydroxyl groups excluding tert-OH is 1. The fourth-order valence-electron chi connectivity index (χ4n) is 0.532. The minimum absolute atomic E-state index is 0.146. The predicted molar refractivity (Wildman–Crippen MR) is 31.9 cm³/mol. The molecule has 50 valence electrons. The Bertz CT molecular complexity index is 194. The summed E-state index contributed by atoms with van der Waals surface area (Å²) in [6.45, 7) is 0. The van der Waals surface area contributed by atoms with Crippen LogP contribution in [0.3, 0.4) is 0 Å². The summed E-state index contributed by atoms with van der Waals surface area (Å²) in [5, 5.41) is 19.5. The number of guanidine groups is 1. The summed E-state index contributed by atoms with van der Waals surface area (Å²) in [5.74, 6) is -0.461. The second kappa shape index (κ2) is 1.46. The van der Waals surface area contributed by atoms with Crippen molar-refractivity contribution in [2.75, 3.05) is 7.05 Å². The molecule has 0 radical (unpaired) electrons. The lowest BCUT2D eigenvalue weighted by molar-refractivity contribution is -0.707. The molecule has 0 aromatic heterocycles. The maximum absolute atomic E-state index is 10.9. The van der Waals surface area contributed by atoms with Crippen LogP contribution in [0.25, 0.3) is 0 Å². The van der Waals surface area contributed by atoms with Gasteiger partial charge in [0, 0.05) is 0 Å². The zero-order valence-corrected chi connectivity index (χ0v) is 4.90. The highest BCUT2D eigenvalue weighted by Gasteiger charge is 2.22. The van der Waals surface area contributed by atoms with Crippen LogP contribution in [0.4, 0.5) is 0 Å². The van der Waals surface area contributed by atoms with E-state index >= 15 is 0 Å². The van der Waals surface area contributed by atoms with Gasteiger partial charge in [0.05, 0.1) is 7.05 Å². The number of hydrogen-bond donors (Lipinski definition) is 2. The van der Waals surface area contributed by atoms with Crippen molar-refractivity contribution in [1.82, 2.24) is 0 Å². The zero-order chi connectivity index (χ0) is 7.07. The van der Waals surface area contributed by atoms with E-state index in [0.717, 1.165) is 6.20 Å². The van der Waals surface area contributed by atoms with Crippen LogP contribution < -0.4 is 5.73 Å². The number of hydroxylamine groups is 3. The molecule has 5 nitrogen and oxygen atoms in total. The van der Waals surface area contributed by atoms with Crippen LogP contribution >= 0.6 is 0 Å². The summed E-state index contributed by atoms with van der Waals surface area (Å²) in [6, 6.07) is 0. The van der Waals surface area contributed by atoms with Crippen molar-refractivity contribution in [2.45, 2.75) is 0 Å². The van der Waals surface area contributed by atoms with E-state index in [9.17, 15) is 5.21 Å². The molecular weight excluding hydrogens is 122 g/mol. The van der Waals surface area contributed by atoms with E-state index in [1.807, 2.05) is 0 Å². The van der Waals surface area contributed by atoms with E-state index in [-0.39, 0.29) is 11.8 Å². The van der Waals surface area contributed by atoms with E-state index < -0.39 is 4.65 Å². The molecular formula is C4H7N3O2. The Labute approximate surface area is 51.9 Å². The second-order valence-corrected chi connectivity index (χ2v) is 1.95. The van der Waals surface area contributed by atoms with Crippen molar-refractivity contribution >= 4 is 5.96 Å². The monoisotopic (exact) mass is 129 g/mol. The van der Waals surface area contributed by atoms with Crippen LogP contribution in [0.1, 0.15) is 0 Å². The second-order valence-electron chi connectivity index (χ2n) is 1.95. The van der Waals surface area contributed by atoms with Gasteiger partial charge in [-0.2, -0.15) is 0 Å². The van der Waals surface area contributed by atoms with Crippen LogP contribution in [0.2, 0.25) is 0 Å². The largest absolute Gasteiger partial charge is 0.620 e. The van der Waals surface area contributed by atoms with Crippen molar-refractivity contribution < 1.29 is 9.75 Å². The van der Waals surface area contributed by atoms with E-state index in [0.29, 0.717) is 0 Å². The molecule has 0 bridgehead atoms. The highest BCUT2D eigenvalue weighted by atomic mass is 16.5. The third kappa shape index (κ3) is 0.868. The molecule has 0 spiro atoms. The molecule has 0 saturated carbocycles. The van der Waals surface area contributed by atoms with Gasteiger partial charge in [-0.15, -0.1) is 4.99 Å². The summed E-state index contributed by atoms with van der Waals surface area (Å²) in [5.41, 5.74) is 5.10. The molecule has 0 fully saturated rings. The van der Waals surface area contributed by atoms with Crippen molar-refractivity contribution in [3.8, 4) is 0 Å². The first kappa shape index (κ1) is 6.06. The fourth-order valence-corrected chi connectivity index (χ4v) is 0.532. The number of hydrogen-bond acceptors (Lipinski definition) is 4. The smallest absolute Gasteiger partial charge is 0.307 e. The normalized spacial score (nSPS) is 34.0. The molecule has 3 N–H and O–H groups in total. The molecule has 1 unspecified atom stereocenters. The molecule has 1 heterocycles. The van der Waals surface area contributed by atoms with E-state index in [1.165, 1.54) is 7.05 Å². The highest BCUT2D eigenvalue weighted by molar-refractivity contribution is 5.74. The Morgan fingerprint density at radius 2 is 2.44 bits per heavy atom. The fraction of sp³-hybridized carbons (Fsp3) is 0.250. The molecule has 0 aromatic carbocycles. The number of quaternary nitrogens is 1. The van der Waals surface area contributed by atoms with Gasteiger partial charge in [0.1, 0.15) is 0 Å². The minimum atomic E-state index is -0.911. The Balaban J connectivity index is 2.96. The van der Waals surface area contributed by atoms with Crippen LogP contribution in [-0.4, -0.2) is 22.8 Å². The molecule has 9 heavy (non-hydrogen) atoms. The van der Waals surface area contributed by atoms with Gasteiger partial charge >= 0.3 is 5.96 Å². The van der Waals surface area contributed by atoms with E-state index in [1.54, 1.807) is 0 Å². The number of aliphatic hydroxyl groups is 1. The van der Waals surface area contributed by atoms with Crippen molar-refractivity contribution in [3.05, 3.63) is 17.3 Å². The first-order valence-electron chi connectivity index (χ1n) is 2.36. The van der Waals surface area contributed by atoms with Crippen LogP contribution in [0, 0.1) is 5.21 Å². The first-order valence-corrected chi connectivity index (χ1v) is 2.36. The van der Waals surface area contributed by atoms with Gasteiger partial charge in [-0.3, -0.25) is 4.65 Å². The number of aliphatic imine (C=N–C) groups is 1. The first-order chi connectivity index (χ1) is 4.02. The Kier molecular flexibility index (Phi) is 0.981. The number of rotatable bonds is 0. The van der Waals surface area contributed by atoms with Gasteiger partial charge < -0.3 is 16.0 Å². The Morgan fingerprint density at radius 3 is 2.56 bits per heavy atom. The lowest BCUT2D eigenvalue weighted by Gasteiger charge is -2.27. The van der Waals surface area contributed by atoms with Crippen molar-refractivity contribution in [3.63, 3.8) is 0 Å². The average Bonchev–Trinajstić information content (AvgIpc) is 1.79. The van der Waals surface area contributed by atoms with E-state index in [4.69, 9.17) is 10.8 Å². The molecule has 0 aromatic rings. The van der Waals surface area contributed by atoms with Gasteiger partial charge in [-0.05, 0) is 0 Å². The number of nitrogens with two attached hydrogens (primary N) is 1. The van der Waals surface area contributed by atoms with Crippen LogP contribution in [0.15, 0.2) is 17.1 Å². The van der Waals surface area contributed by atoms with Crippen molar-refractivity contribution in [1.29, 1.82) is 0 Å². The maximum Gasteiger partial charge on any atom is 0.307 e. The Morgan fingerprint density at radius 1 is 1.89 bits per heavy atom. The summed E-state index contributed by atoms with van der Waals surface area (Å²) in [7, 11) is 1.28. The summed E-state index contributed by atoms with van der Waals surface area (Å²) in [4.78, 5) is 3.31. The topological polar surface area (TPSA) is 81.7 Å². The quantitative estimate of drug-likeness (QED) is 0.345. The highest BCUT2D eigenvalue weighted by Crippen LogP contribution is 2.11. The molecule has 0 aliphatic carbocycles. The number of nitrogens with zero attached hydrogens (tertiary/aromatic N) is 2. The molecule has 0 saturated heterocycles. The zero-order valence-electron chi connectivity index (χ0n) is 4.90. The van der Waals surface area contributed by atoms with Crippen LogP contribution in [0.5, 0.6) is 0 Å². The maximum atomic E-state index is 10.9. The molecule has 1 aliphatic rings. The molecule has 0 amide bonds. The summed E-state index contributed by atoms with van der Waals surface area (Å²) >= 11 is 0. The average molecular weight is 129 g/mol. The van der Waals surface area contributed by atoms with Gasteiger partial charge in [0.25, 0.3) is 5.88 Å². The molecule has 1 aliphatic heterocycles. The summed E-state index contributed by atoms with van der Waals surface area (Å²) < 4.78 is -0.911. The molecule has 1 rings (SSSR count).